The second-order valence-corrected chi connectivity index (χ2v) is 8.32. The molecule has 1 N–H and O–H groups in total. The number of aliphatic hydroxyl groups is 1. The Hall–Kier alpha value is -1.05. The SMILES string of the molecule is CCCCC#CCOC(=O)CCCCCCCN(CCCO)CCCCCCCC. The van der Waals surface area contributed by atoms with Crippen LogP contribution in [-0.4, -0.2) is 48.8 Å². The van der Waals surface area contributed by atoms with Gasteiger partial charge in [0.25, 0.3) is 0 Å². The molecule has 0 aromatic rings. The lowest BCUT2D eigenvalue weighted by Gasteiger charge is -2.22. The van der Waals surface area contributed by atoms with E-state index in [1.165, 1.54) is 64.3 Å². The van der Waals surface area contributed by atoms with Crippen LogP contribution in [0.5, 0.6) is 0 Å². The third-order valence-electron chi connectivity index (χ3n) is 5.40. The van der Waals surface area contributed by atoms with E-state index in [0.29, 0.717) is 6.42 Å². The second kappa shape index (κ2) is 24.2. The number of ether oxygens (including phenoxy) is 1. The summed E-state index contributed by atoms with van der Waals surface area (Å²) in [6.45, 7) is 8.24. The number of hydrogen-bond acceptors (Lipinski definition) is 4. The summed E-state index contributed by atoms with van der Waals surface area (Å²) in [6.07, 6.45) is 18.1. The largest absolute Gasteiger partial charge is 0.452 e. The van der Waals surface area contributed by atoms with E-state index in [9.17, 15) is 4.79 Å². The average Bonchev–Trinajstić information content (AvgIpc) is 2.75. The molecule has 0 fully saturated rings. The Kier molecular flexibility index (Phi) is 23.4. The topological polar surface area (TPSA) is 49.8 Å². The lowest BCUT2D eigenvalue weighted by Crippen LogP contribution is -2.27. The highest BCUT2D eigenvalue weighted by Gasteiger charge is 2.05. The third-order valence-corrected chi connectivity index (χ3v) is 5.40. The van der Waals surface area contributed by atoms with Gasteiger partial charge in [0.2, 0.25) is 0 Å². The van der Waals surface area contributed by atoms with Crippen LogP contribution in [0.4, 0.5) is 0 Å². The number of nitrogens with zero attached hydrogens (tertiary/aromatic N) is 1. The highest BCUT2D eigenvalue weighted by Crippen LogP contribution is 2.10. The van der Waals surface area contributed by atoms with E-state index in [-0.39, 0.29) is 19.2 Å². The van der Waals surface area contributed by atoms with Gasteiger partial charge in [-0.1, -0.05) is 83.5 Å². The van der Waals surface area contributed by atoms with E-state index < -0.39 is 0 Å². The van der Waals surface area contributed by atoms with Gasteiger partial charge in [-0.3, -0.25) is 4.79 Å². The van der Waals surface area contributed by atoms with Crippen molar-refractivity contribution in [3.8, 4) is 11.8 Å². The molecule has 0 unspecified atom stereocenters. The maximum Gasteiger partial charge on any atom is 0.306 e. The Morgan fingerprint density at radius 3 is 1.93 bits per heavy atom. The van der Waals surface area contributed by atoms with Gasteiger partial charge >= 0.3 is 5.97 Å². The van der Waals surface area contributed by atoms with Crippen molar-refractivity contribution in [1.82, 2.24) is 4.90 Å². The molecule has 4 nitrogen and oxygen atoms in total. The smallest absolute Gasteiger partial charge is 0.306 e. The second-order valence-electron chi connectivity index (χ2n) is 8.32. The van der Waals surface area contributed by atoms with E-state index in [2.05, 4.69) is 30.6 Å². The summed E-state index contributed by atoms with van der Waals surface area (Å²) in [5, 5.41) is 9.13. The van der Waals surface area contributed by atoms with Crippen molar-refractivity contribution in [3.05, 3.63) is 0 Å². The molecule has 0 saturated carbocycles. The first-order valence-electron chi connectivity index (χ1n) is 12.7. The molecular weight excluding hydrogens is 374 g/mol. The molecule has 0 aliphatic heterocycles. The Bertz CT molecular complexity index is 428. The first-order valence-corrected chi connectivity index (χ1v) is 12.7. The van der Waals surface area contributed by atoms with E-state index in [1.807, 2.05) is 0 Å². The number of unbranched alkanes of at least 4 members (excludes halogenated alkanes) is 11. The van der Waals surface area contributed by atoms with Crippen LogP contribution in [-0.2, 0) is 9.53 Å². The predicted octanol–water partition coefficient (Wildman–Crippen LogP) is 6.11. The molecular formula is C26H49NO3. The summed E-state index contributed by atoms with van der Waals surface area (Å²) < 4.78 is 5.15. The lowest BCUT2D eigenvalue weighted by molar-refractivity contribution is -0.142. The molecule has 4 heteroatoms. The van der Waals surface area contributed by atoms with Gasteiger partial charge in [-0.15, -0.1) is 0 Å². The number of aliphatic hydroxyl groups excluding tert-OH is 1. The Balaban J connectivity index is 3.65. The molecule has 0 radical (unpaired) electrons. The number of carbonyl (C=O) groups is 1. The predicted molar refractivity (Wildman–Crippen MR) is 127 cm³/mol. The summed E-state index contributed by atoms with van der Waals surface area (Å²) in [5.41, 5.74) is 0. The van der Waals surface area contributed by atoms with Gasteiger partial charge in [0.15, 0.2) is 6.61 Å². The fourth-order valence-corrected chi connectivity index (χ4v) is 3.47. The number of esters is 1. The van der Waals surface area contributed by atoms with E-state index >= 15 is 0 Å². The Morgan fingerprint density at radius 1 is 0.733 bits per heavy atom. The molecule has 0 amide bonds. The van der Waals surface area contributed by atoms with Crippen LogP contribution in [0.25, 0.3) is 0 Å². The van der Waals surface area contributed by atoms with Gasteiger partial charge < -0.3 is 14.7 Å². The van der Waals surface area contributed by atoms with Gasteiger partial charge in [0, 0.05) is 26.0 Å². The molecule has 0 aromatic heterocycles. The van der Waals surface area contributed by atoms with Crippen LogP contribution in [0.15, 0.2) is 0 Å². The maximum atomic E-state index is 11.7. The zero-order valence-electron chi connectivity index (χ0n) is 20.1. The van der Waals surface area contributed by atoms with Crippen LogP contribution >= 0.6 is 0 Å². The lowest BCUT2D eigenvalue weighted by atomic mass is 10.1. The number of carbonyl (C=O) groups excluding carboxylic acids is 1. The summed E-state index contributed by atoms with van der Waals surface area (Å²) in [7, 11) is 0. The van der Waals surface area contributed by atoms with Crippen LogP contribution in [0.1, 0.15) is 117 Å². The monoisotopic (exact) mass is 423 g/mol. The minimum atomic E-state index is -0.117. The van der Waals surface area contributed by atoms with Crippen LogP contribution in [0.3, 0.4) is 0 Å². The van der Waals surface area contributed by atoms with E-state index in [1.54, 1.807) is 0 Å². The van der Waals surface area contributed by atoms with Crippen molar-refractivity contribution in [1.29, 1.82) is 0 Å². The van der Waals surface area contributed by atoms with Gasteiger partial charge in [-0.2, -0.15) is 0 Å². The molecule has 0 rings (SSSR count). The molecule has 176 valence electrons. The standard InChI is InChI=1S/C26H49NO3/c1-3-5-7-9-12-16-21-27(23-19-24-28)22-17-13-10-11-15-20-26(29)30-25-18-14-8-6-4-2/h28H,3-13,15-17,19-25H2,1-2H3. The molecule has 0 aromatic carbocycles. The highest BCUT2D eigenvalue weighted by atomic mass is 16.5. The fraction of sp³-hybridized carbons (Fsp3) is 0.885. The van der Waals surface area contributed by atoms with Crippen molar-refractivity contribution in [2.75, 3.05) is 32.8 Å². The van der Waals surface area contributed by atoms with Gasteiger partial charge in [-0.25, -0.2) is 0 Å². The average molecular weight is 424 g/mol. The van der Waals surface area contributed by atoms with Crippen molar-refractivity contribution in [3.63, 3.8) is 0 Å². The minimum Gasteiger partial charge on any atom is -0.452 e. The molecule has 0 aliphatic carbocycles. The Labute approximate surface area is 187 Å². The van der Waals surface area contributed by atoms with Gasteiger partial charge in [0.05, 0.1) is 0 Å². The first kappa shape index (κ1) is 28.9. The summed E-state index contributed by atoms with van der Waals surface area (Å²) in [6, 6.07) is 0. The van der Waals surface area contributed by atoms with Crippen molar-refractivity contribution in [2.24, 2.45) is 0 Å². The van der Waals surface area contributed by atoms with E-state index in [0.717, 1.165) is 51.6 Å². The number of rotatable bonds is 21. The number of hydrogen-bond donors (Lipinski definition) is 1. The van der Waals surface area contributed by atoms with Crippen LogP contribution in [0, 0.1) is 11.8 Å². The quantitative estimate of drug-likeness (QED) is 0.137. The molecule has 0 aliphatic rings. The van der Waals surface area contributed by atoms with Crippen LogP contribution < -0.4 is 0 Å². The first-order chi connectivity index (χ1) is 14.7. The molecule has 0 heterocycles. The van der Waals surface area contributed by atoms with E-state index in [4.69, 9.17) is 9.84 Å². The van der Waals surface area contributed by atoms with Gasteiger partial charge in [0.1, 0.15) is 0 Å². The maximum absolute atomic E-state index is 11.7. The van der Waals surface area contributed by atoms with Crippen molar-refractivity contribution in [2.45, 2.75) is 117 Å². The fourth-order valence-electron chi connectivity index (χ4n) is 3.47. The molecule has 0 saturated heterocycles. The molecule has 0 spiro atoms. The zero-order chi connectivity index (χ0) is 22.1. The summed E-state index contributed by atoms with van der Waals surface area (Å²) in [4.78, 5) is 14.2. The van der Waals surface area contributed by atoms with Crippen LogP contribution in [0.2, 0.25) is 0 Å². The normalized spacial score (nSPS) is 10.8. The minimum absolute atomic E-state index is 0.117. The highest BCUT2D eigenvalue weighted by molar-refractivity contribution is 5.69. The molecule has 30 heavy (non-hydrogen) atoms. The van der Waals surface area contributed by atoms with Crippen molar-refractivity contribution >= 4 is 5.97 Å². The summed E-state index contributed by atoms with van der Waals surface area (Å²) >= 11 is 0. The third kappa shape index (κ3) is 21.7. The van der Waals surface area contributed by atoms with Gasteiger partial charge in [-0.05, 0) is 45.2 Å². The van der Waals surface area contributed by atoms with Crippen molar-refractivity contribution < 1.29 is 14.6 Å². The zero-order valence-corrected chi connectivity index (χ0v) is 20.1. The Morgan fingerprint density at radius 2 is 1.30 bits per heavy atom. The molecule has 0 bridgehead atoms. The molecule has 0 atom stereocenters. The summed E-state index contributed by atoms with van der Waals surface area (Å²) in [5.74, 6) is 5.82.